The van der Waals surface area contributed by atoms with Crippen molar-refractivity contribution in [3.63, 3.8) is 0 Å². The number of benzene rings is 1. The van der Waals surface area contributed by atoms with Crippen LogP contribution < -0.4 is 16.2 Å². The minimum absolute atomic E-state index is 0. The van der Waals surface area contributed by atoms with Crippen molar-refractivity contribution in [1.29, 1.82) is 0 Å². The predicted octanol–water partition coefficient (Wildman–Crippen LogP) is 3.59. The zero-order valence-corrected chi connectivity index (χ0v) is 18.9. The molecule has 0 aliphatic heterocycles. The number of hydrogen-bond acceptors (Lipinski definition) is 3. The molecule has 0 unspecified atom stereocenters. The summed E-state index contributed by atoms with van der Waals surface area (Å²) >= 11 is 1.83. The highest BCUT2D eigenvalue weighted by atomic mass is 127. The number of aryl methyl sites for hydroxylation is 1. The van der Waals surface area contributed by atoms with E-state index in [0.717, 1.165) is 50.7 Å². The van der Waals surface area contributed by atoms with Gasteiger partial charge in [0.2, 0.25) is 5.56 Å². The fourth-order valence-corrected chi connectivity index (χ4v) is 3.22. The van der Waals surface area contributed by atoms with Gasteiger partial charge in [-0.2, -0.15) is 0 Å². The quantitative estimate of drug-likeness (QED) is 0.172. The Morgan fingerprint density at radius 1 is 1.07 bits per heavy atom. The van der Waals surface area contributed by atoms with Gasteiger partial charge in [-0.05, 0) is 38.0 Å². The molecule has 0 saturated carbocycles. The van der Waals surface area contributed by atoms with E-state index in [4.69, 9.17) is 0 Å². The van der Waals surface area contributed by atoms with E-state index in [0.29, 0.717) is 0 Å². The molecule has 1 heterocycles. The Labute approximate surface area is 183 Å². The van der Waals surface area contributed by atoms with Crippen LogP contribution in [0.3, 0.4) is 0 Å². The highest BCUT2D eigenvalue weighted by molar-refractivity contribution is 14.0. The topological polar surface area (TPSA) is 58.4 Å². The number of thioether (sulfide) groups is 1. The molecule has 0 aliphatic rings. The molecule has 0 bridgehead atoms. The first-order valence-electron chi connectivity index (χ1n) is 9.15. The van der Waals surface area contributed by atoms with Gasteiger partial charge in [-0.3, -0.25) is 9.79 Å². The summed E-state index contributed by atoms with van der Waals surface area (Å²) < 4.78 is 1.74. The van der Waals surface area contributed by atoms with Gasteiger partial charge in [0.1, 0.15) is 0 Å². The van der Waals surface area contributed by atoms with Crippen molar-refractivity contribution in [2.24, 2.45) is 4.99 Å². The highest BCUT2D eigenvalue weighted by Gasteiger charge is 1.98. The summed E-state index contributed by atoms with van der Waals surface area (Å²) in [6.45, 7) is 5.27. The minimum Gasteiger partial charge on any atom is -0.357 e. The molecule has 0 fully saturated rings. The van der Waals surface area contributed by atoms with Crippen molar-refractivity contribution in [3.05, 3.63) is 65.1 Å². The van der Waals surface area contributed by atoms with E-state index in [1.165, 1.54) is 4.90 Å². The first kappa shape index (κ1) is 23.6. The first-order valence-corrected chi connectivity index (χ1v) is 10.1. The second-order valence-corrected chi connectivity index (χ2v) is 6.96. The number of nitrogens with zero attached hydrogens (tertiary/aromatic N) is 2. The van der Waals surface area contributed by atoms with Crippen LogP contribution in [0.25, 0.3) is 0 Å². The maximum absolute atomic E-state index is 11.6. The van der Waals surface area contributed by atoms with Crippen LogP contribution in [0.1, 0.15) is 19.8 Å². The van der Waals surface area contributed by atoms with Gasteiger partial charge in [-0.15, -0.1) is 35.7 Å². The molecule has 5 nitrogen and oxygen atoms in total. The lowest BCUT2D eigenvalue weighted by molar-refractivity contribution is 0.598. The van der Waals surface area contributed by atoms with E-state index in [9.17, 15) is 4.79 Å². The van der Waals surface area contributed by atoms with Gasteiger partial charge in [-0.25, -0.2) is 0 Å². The summed E-state index contributed by atoms with van der Waals surface area (Å²) in [4.78, 5) is 17.5. The van der Waals surface area contributed by atoms with Crippen LogP contribution in [-0.4, -0.2) is 35.9 Å². The molecule has 0 aliphatic carbocycles. The van der Waals surface area contributed by atoms with Crippen molar-refractivity contribution in [2.75, 3.05) is 25.4 Å². The van der Waals surface area contributed by atoms with Gasteiger partial charge in [0.15, 0.2) is 5.96 Å². The summed E-state index contributed by atoms with van der Waals surface area (Å²) in [5.74, 6) is 1.85. The van der Waals surface area contributed by atoms with Crippen molar-refractivity contribution >= 4 is 41.7 Å². The predicted molar refractivity (Wildman–Crippen MR) is 126 cm³/mol. The molecule has 7 heteroatoms. The molecule has 2 N–H and O–H groups in total. The smallest absolute Gasteiger partial charge is 0.250 e. The molecular weight excluding hydrogens is 471 g/mol. The SMILES string of the molecule is CCNC(=NCCCCn1ccccc1=O)NCCSc1ccccc1.I. The number of rotatable bonds is 10. The van der Waals surface area contributed by atoms with E-state index in [1.807, 2.05) is 30.1 Å². The molecule has 27 heavy (non-hydrogen) atoms. The molecule has 0 saturated heterocycles. The fourth-order valence-electron chi connectivity index (χ4n) is 2.43. The number of aromatic nitrogens is 1. The van der Waals surface area contributed by atoms with Gasteiger partial charge in [-0.1, -0.05) is 24.3 Å². The van der Waals surface area contributed by atoms with Gasteiger partial charge in [0.25, 0.3) is 0 Å². The number of hydrogen-bond donors (Lipinski definition) is 2. The third kappa shape index (κ3) is 9.86. The van der Waals surface area contributed by atoms with Crippen LogP contribution >= 0.6 is 35.7 Å². The van der Waals surface area contributed by atoms with Gasteiger partial charge in [0.05, 0.1) is 0 Å². The van der Waals surface area contributed by atoms with E-state index >= 15 is 0 Å². The number of unbranched alkanes of at least 4 members (excludes halogenated alkanes) is 1. The standard InChI is InChI=1S/C20H28N4OS.HI/c1-2-21-20(23-14-17-26-18-10-4-3-5-11-18)22-13-7-9-16-24-15-8-6-12-19(24)25;/h3-6,8,10-12,15H,2,7,9,13-14,16-17H2,1H3,(H2,21,22,23);1H. The average Bonchev–Trinajstić information content (AvgIpc) is 2.67. The number of guanidine groups is 1. The molecule has 2 aromatic rings. The lowest BCUT2D eigenvalue weighted by Crippen LogP contribution is -2.38. The van der Waals surface area contributed by atoms with E-state index < -0.39 is 0 Å². The van der Waals surface area contributed by atoms with Crippen LogP contribution in [0, 0.1) is 0 Å². The van der Waals surface area contributed by atoms with Gasteiger partial charge in [0, 0.05) is 49.1 Å². The molecule has 0 spiro atoms. The molecule has 2 rings (SSSR count). The summed E-state index contributed by atoms with van der Waals surface area (Å²) in [6, 6.07) is 15.7. The molecular formula is C20H29IN4OS. The molecule has 1 aromatic carbocycles. The second kappa shape index (κ2) is 14.6. The largest absolute Gasteiger partial charge is 0.357 e. The molecule has 1 aromatic heterocycles. The van der Waals surface area contributed by atoms with Crippen molar-refractivity contribution < 1.29 is 0 Å². The van der Waals surface area contributed by atoms with Gasteiger partial charge < -0.3 is 15.2 Å². The van der Waals surface area contributed by atoms with Crippen molar-refractivity contribution in [3.8, 4) is 0 Å². The highest BCUT2D eigenvalue weighted by Crippen LogP contribution is 2.15. The van der Waals surface area contributed by atoms with E-state index in [-0.39, 0.29) is 29.5 Å². The third-order valence-corrected chi connectivity index (χ3v) is 4.74. The molecule has 0 radical (unpaired) electrons. The first-order chi connectivity index (χ1) is 12.8. The molecule has 0 amide bonds. The maximum Gasteiger partial charge on any atom is 0.250 e. The summed E-state index contributed by atoms with van der Waals surface area (Å²) in [6.07, 6.45) is 3.73. The van der Waals surface area contributed by atoms with Crippen LogP contribution in [0.15, 0.2) is 69.4 Å². The Morgan fingerprint density at radius 3 is 2.59 bits per heavy atom. The third-order valence-electron chi connectivity index (χ3n) is 3.73. The van der Waals surface area contributed by atoms with Crippen molar-refractivity contribution in [1.82, 2.24) is 15.2 Å². The normalized spacial score (nSPS) is 10.9. The Kier molecular flexibility index (Phi) is 12.7. The number of nitrogens with one attached hydrogen (secondary N) is 2. The Hall–Kier alpha value is -1.48. The zero-order chi connectivity index (χ0) is 18.5. The minimum atomic E-state index is 0. The average molecular weight is 500 g/mol. The van der Waals surface area contributed by atoms with Crippen molar-refractivity contribution in [2.45, 2.75) is 31.2 Å². The molecule has 148 valence electrons. The second-order valence-electron chi connectivity index (χ2n) is 5.79. The van der Waals surface area contributed by atoms with Crippen LogP contribution in [0.5, 0.6) is 0 Å². The summed E-state index contributed by atoms with van der Waals surface area (Å²) in [7, 11) is 0. The monoisotopic (exact) mass is 500 g/mol. The van der Waals surface area contributed by atoms with Gasteiger partial charge >= 0.3 is 0 Å². The lowest BCUT2D eigenvalue weighted by Gasteiger charge is -2.11. The lowest BCUT2D eigenvalue weighted by atomic mass is 10.3. The number of halogens is 1. The zero-order valence-electron chi connectivity index (χ0n) is 15.8. The Balaban J connectivity index is 0.00000364. The summed E-state index contributed by atoms with van der Waals surface area (Å²) in [5, 5.41) is 6.64. The van der Waals surface area contributed by atoms with E-state index in [2.05, 4.69) is 46.8 Å². The summed E-state index contributed by atoms with van der Waals surface area (Å²) in [5.41, 5.74) is 0.0573. The van der Waals surface area contributed by atoms with Crippen LogP contribution in [0.4, 0.5) is 0 Å². The number of pyridine rings is 1. The fraction of sp³-hybridized carbons (Fsp3) is 0.400. The molecule has 0 atom stereocenters. The Morgan fingerprint density at radius 2 is 1.85 bits per heavy atom. The number of aliphatic imine (C=N–C) groups is 1. The van der Waals surface area contributed by atoms with E-state index in [1.54, 1.807) is 16.7 Å². The van der Waals surface area contributed by atoms with Crippen LogP contribution in [-0.2, 0) is 6.54 Å². The van der Waals surface area contributed by atoms with Crippen LogP contribution in [0.2, 0.25) is 0 Å². The maximum atomic E-state index is 11.6. The Bertz CT molecular complexity index is 721.